The molecule has 0 amide bonds. The lowest BCUT2D eigenvalue weighted by Gasteiger charge is -2.24. The van der Waals surface area contributed by atoms with Crippen molar-refractivity contribution >= 4 is 18.1 Å². The smallest absolute Gasteiger partial charge is 0.416 e. The maximum Gasteiger partial charge on any atom is 0.416 e. The molecule has 0 radical (unpaired) electrons. The number of aliphatic hydroxyl groups excluding tert-OH is 1. The molecular formula is C29H28F3NO5. The molecule has 0 saturated carbocycles. The standard InChI is InChI=1S/C29H28F3NO5/c1-18-20(4-3-5-23(18)21-9-11-25-26(15-21)38-13-12-37-25)7-8-22-14-19(6-10-24(22)29(30,31)32)16-33-28(2,17-34)27(35)36/h3-11,14-15,33-34H,12-13,16-17H2,1-2H3,(H,35,36)/b8-7+. The van der Waals surface area contributed by atoms with Crippen molar-refractivity contribution in [2.75, 3.05) is 19.8 Å². The van der Waals surface area contributed by atoms with Crippen molar-refractivity contribution in [2.45, 2.75) is 32.1 Å². The maximum absolute atomic E-state index is 13.8. The van der Waals surface area contributed by atoms with Crippen LogP contribution in [-0.2, 0) is 17.5 Å². The average Bonchev–Trinajstić information content (AvgIpc) is 2.90. The molecular weight excluding hydrogens is 499 g/mol. The number of carboxylic acids is 1. The highest BCUT2D eigenvalue weighted by Crippen LogP contribution is 2.37. The maximum atomic E-state index is 13.8. The molecule has 1 aliphatic heterocycles. The largest absolute Gasteiger partial charge is 0.486 e. The van der Waals surface area contributed by atoms with E-state index in [1.54, 1.807) is 6.08 Å². The monoisotopic (exact) mass is 527 g/mol. The Morgan fingerprint density at radius 3 is 2.39 bits per heavy atom. The Hall–Kier alpha value is -3.82. The van der Waals surface area contributed by atoms with Crippen LogP contribution in [0.15, 0.2) is 54.6 Å². The summed E-state index contributed by atoms with van der Waals surface area (Å²) >= 11 is 0. The molecule has 0 bridgehead atoms. The van der Waals surface area contributed by atoms with Gasteiger partial charge in [0.2, 0.25) is 0 Å². The summed E-state index contributed by atoms with van der Waals surface area (Å²) in [6.07, 6.45) is -1.53. The van der Waals surface area contributed by atoms with Gasteiger partial charge in [0.15, 0.2) is 11.5 Å². The zero-order valence-corrected chi connectivity index (χ0v) is 20.9. The molecule has 6 nitrogen and oxygen atoms in total. The Morgan fingerprint density at radius 1 is 1.00 bits per heavy atom. The van der Waals surface area contributed by atoms with E-state index in [1.807, 2.05) is 43.3 Å². The van der Waals surface area contributed by atoms with Crippen LogP contribution in [0.3, 0.4) is 0 Å². The Morgan fingerprint density at radius 2 is 1.71 bits per heavy atom. The number of ether oxygens (including phenoxy) is 2. The molecule has 3 aromatic carbocycles. The molecule has 1 atom stereocenters. The molecule has 1 heterocycles. The van der Waals surface area contributed by atoms with Crippen LogP contribution in [0.1, 0.15) is 34.7 Å². The average molecular weight is 528 g/mol. The number of nitrogens with one attached hydrogen (secondary N) is 1. The van der Waals surface area contributed by atoms with Crippen molar-refractivity contribution in [3.05, 3.63) is 82.4 Å². The summed E-state index contributed by atoms with van der Waals surface area (Å²) < 4.78 is 52.6. The molecule has 3 aromatic rings. The molecule has 200 valence electrons. The zero-order valence-electron chi connectivity index (χ0n) is 20.9. The highest BCUT2D eigenvalue weighted by Gasteiger charge is 2.34. The lowest BCUT2D eigenvalue weighted by Crippen LogP contribution is -2.52. The number of alkyl halides is 3. The first-order chi connectivity index (χ1) is 18.0. The number of halogens is 3. The molecule has 0 saturated heterocycles. The molecule has 4 rings (SSSR count). The van der Waals surface area contributed by atoms with Gasteiger partial charge in [-0.2, -0.15) is 13.2 Å². The number of fused-ring (bicyclic) bond motifs is 1. The van der Waals surface area contributed by atoms with Crippen LogP contribution < -0.4 is 14.8 Å². The number of aliphatic hydroxyl groups is 1. The molecule has 0 fully saturated rings. The summed E-state index contributed by atoms with van der Waals surface area (Å²) in [5.74, 6) is 0.0559. The molecule has 1 unspecified atom stereocenters. The Labute approximate surface area is 218 Å². The van der Waals surface area contributed by atoms with Gasteiger partial charge < -0.3 is 19.7 Å². The lowest BCUT2D eigenvalue weighted by molar-refractivity contribution is -0.146. The van der Waals surface area contributed by atoms with Crippen molar-refractivity contribution in [3.63, 3.8) is 0 Å². The van der Waals surface area contributed by atoms with E-state index in [1.165, 1.54) is 25.1 Å². The van der Waals surface area contributed by atoms with E-state index in [2.05, 4.69) is 5.32 Å². The molecule has 9 heteroatoms. The quantitative estimate of drug-likeness (QED) is 0.333. The van der Waals surface area contributed by atoms with E-state index in [9.17, 15) is 28.2 Å². The number of carboxylic acid groups (broad SMARTS) is 1. The van der Waals surface area contributed by atoms with Crippen LogP contribution in [0.4, 0.5) is 13.2 Å². The number of aliphatic carboxylic acids is 1. The molecule has 0 spiro atoms. The van der Waals surface area contributed by atoms with Gasteiger partial charge in [-0.3, -0.25) is 10.1 Å². The van der Waals surface area contributed by atoms with Crippen LogP contribution in [0, 0.1) is 6.92 Å². The fourth-order valence-electron chi connectivity index (χ4n) is 4.15. The summed E-state index contributed by atoms with van der Waals surface area (Å²) in [5.41, 5.74) is 1.40. The van der Waals surface area contributed by atoms with Crippen molar-refractivity contribution < 1.29 is 37.7 Å². The summed E-state index contributed by atoms with van der Waals surface area (Å²) in [5, 5.41) is 21.4. The van der Waals surface area contributed by atoms with E-state index in [0.29, 0.717) is 30.3 Å². The number of hydrogen-bond donors (Lipinski definition) is 3. The minimum Gasteiger partial charge on any atom is -0.486 e. The van der Waals surface area contributed by atoms with Crippen molar-refractivity contribution in [3.8, 4) is 22.6 Å². The molecule has 38 heavy (non-hydrogen) atoms. The predicted molar refractivity (Wildman–Crippen MR) is 138 cm³/mol. The second-order valence-corrected chi connectivity index (χ2v) is 9.28. The molecule has 3 N–H and O–H groups in total. The van der Waals surface area contributed by atoms with Gasteiger partial charge in [-0.15, -0.1) is 0 Å². The Balaban J connectivity index is 1.65. The van der Waals surface area contributed by atoms with Crippen LogP contribution in [0.5, 0.6) is 11.5 Å². The molecule has 0 aromatic heterocycles. The first-order valence-corrected chi connectivity index (χ1v) is 12.0. The first kappa shape index (κ1) is 27.2. The lowest BCUT2D eigenvalue weighted by atomic mass is 9.95. The van der Waals surface area contributed by atoms with Gasteiger partial charge in [-0.05, 0) is 71.5 Å². The molecule has 0 aliphatic carbocycles. The summed E-state index contributed by atoms with van der Waals surface area (Å²) in [7, 11) is 0. The van der Waals surface area contributed by atoms with Gasteiger partial charge in [0.05, 0.1) is 12.2 Å². The fraction of sp³-hybridized carbons (Fsp3) is 0.276. The number of benzene rings is 3. The summed E-state index contributed by atoms with van der Waals surface area (Å²) in [6, 6.07) is 14.9. The van der Waals surface area contributed by atoms with Crippen LogP contribution in [-0.4, -0.2) is 41.5 Å². The van der Waals surface area contributed by atoms with Gasteiger partial charge in [0.25, 0.3) is 0 Å². The summed E-state index contributed by atoms with van der Waals surface area (Å²) in [4.78, 5) is 11.4. The topological polar surface area (TPSA) is 88.0 Å². The number of hydrogen-bond acceptors (Lipinski definition) is 5. The van der Waals surface area contributed by atoms with Crippen LogP contribution >= 0.6 is 0 Å². The van der Waals surface area contributed by atoms with E-state index in [-0.39, 0.29) is 12.1 Å². The van der Waals surface area contributed by atoms with E-state index in [0.717, 1.165) is 28.3 Å². The second-order valence-electron chi connectivity index (χ2n) is 9.28. The van der Waals surface area contributed by atoms with Gasteiger partial charge >= 0.3 is 12.1 Å². The summed E-state index contributed by atoms with van der Waals surface area (Å²) in [6.45, 7) is 3.44. The van der Waals surface area contributed by atoms with E-state index in [4.69, 9.17) is 9.47 Å². The Bertz CT molecular complexity index is 1370. The van der Waals surface area contributed by atoms with Gasteiger partial charge in [-0.1, -0.05) is 42.5 Å². The third kappa shape index (κ3) is 5.84. The SMILES string of the molecule is Cc1c(/C=C/c2cc(CNC(C)(CO)C(=O)O)ccc2C(F)(F)F)cccc1-c1ccc2c(c1)OCCO2. The van der Waals surface area contributed by atoms with E-state index >= 15 is 0 Å². The van der Waals surface area contributed by atoms with Crippen molar-refractivity contribution in [1.82, 2.24) is 5.32 Å². The number of carbonyl (C=O) groups is 1. The minimum absolute atomic E-state index is 0.0407. The third-order valence-corrected chi connectivity index (χ3v) is 6.56. The van der Waals surface area contributed by atoms with Crippen molar-refractivity contribution in [1.29, 1.82) is 0 Å². The van der Waals surface area contributed by atoms with Crippen LogP contribution in [0.2, 0.25) is 0 Å². The predicted octanol–water partition coefficient (Wildman–Crippen LogP) is 5.55. The highest BCUT2D eigenvalue weighted by atomic mass is 19.4. The first-order valence-electron chi connectivity index (χ1n) is 12.0. The van der Waals surface area contributed by atoms with E-state index < -0.39 is 29.9 Å². The van der Waals surface area contributed by atoms with Gasteiger partial charge in [0, 0.05) is 6.54 Å². The second kappa shape index (κ2) is 10.9. The minimum atomic E-state index is -4.57. The van der Waals surface area contributed by atoms with Gasteiger partial charge in [-0.25, -0.2) is 0 Å². The van der Waals surface area contributed by atoms with Gasteiger partial charge in [0.1, 0.15) is 18.8 Å². The Kier molecular flexibility index (Phi) is 7.80. The fourth-order valence-corrected chi connectivity index (χ4v) is 4.15. The third-order valence-electron chi connectivity index (χ3n) is 6.56. The van der Waals surface area contributed by atoms with Crippen LogP contribution in [0.25, 0.3) is 23.3 Å². The highest BCUT2D eigenvalue weighted by molar-refractivity contribution is 5.79. The number of rotatable bonds is 8. The molecule has 1 aliphatic rings. The zero-order chi connectivity index (χ0) is 27.5. The normalized spacial score (nSPS) is 14.9. The van der Waals surface area contributed by atoms with Crippen molar-refractivity contribution in [2.24, 2.45) is 0 Å².